The van der Waals surface area contributed by atoms with Crippen LogP contribution in [0.5, 0.6) is 0 Å². The fourth-order valence-electron chi connectivity index (χ4n) is 4.71. The third-order valence-corrected chi connectivity index (χ3v) is 6.64. The third kappa shape index (κ3) is 5.17. The maximum Gasteiger partial charge on any atom is 0.270 e. The van der Waals surface area contributed by atoms with Gasteiger partial charge in [0, 0.05) is 24.0 Å². The number of rotatable bonds is 6. The number of amides is 1. The van der Waals surface area contributed by atoms with Gasteiger partial charge in [-0.3, -0.25) is 9.20 Å². The lowest BCUT2D eigenvalue weighted by molar-refractivity contribution is 0.0886. The van der Waals surface area contributed by atoms with Gasteiger partial charge in [0.25, 0.3) is 12.3 Å². The summed E-state index contributed by atoms with van der Waals surface area (Å²) in [5.41, 5.74) is 4.64. The van der Waals surface area contributed by atoms with Crippen LogP contribution >= 0.6 is 0 Å². The van der Waals surface area contributed by atoms with Crippen LogP contribution in [0.2, 0.25) is 0 Å². The second-order valence-corrected chi connectivity index (χ2v) is 9.18. The van der Waals surface area contributed by atoms with Gasteiger partial charge >= 0.3 is 0 Å². The topological polar surface area (TPSA) is 87.4 Å². The number of anilines is 1. The number of nitrogens with zero attached hydrogens (tertiary/aromatic N) is 5. The van der Waals surface area contributed by atoms with Crippen molar-refractivity contribution in [1.82, 2.24) is 29.6 Å². The Bertz CT molecular complexity index is 1250. The second-order valence-electron chi connectivity index (χ2n) is 9.18. The van der Waals surface area contributed by atoms with Crippen LogP contribution in [0.15, 0.2) is 36.8 Å². The van der Waals surface area contributed by atoms with Crippen LogP contribution in [0.3, 0.4) is 0 Å². The Morgan fingerprint density at radius 2 is 2.03 bits per heavy atom. The molecule has 8 nitrogen and oxygen atoms in total. The number of nitrogens with one attached hydrogen (secondary N) is 2. The van der Waals surface area contributed by atoms with E-state index in [1.165, 1.54) is 6.20 Å². The van der Waals surface area contributed by atoms with Crippen LogP contribution in [0, 0.1) is 0 Å². The van der Waals surface area contributed by atoms with Crippen molar-refractivity contribution in [3.05, 3.63) is 59.3 Å². The van der Waals surface area contributed by atoms with Gasteiger partial charge in [-0.1, -0.05) is 6.08 Å². The minimum atomic E-state index is -2.61. The Hall–Kier alpha value is -3.40. The summed E-state index contributed by atoms with van der Waals surface area (Å²) < 4.78 is 26.7. The standard InChI is InChI=1S/C25H29F2N7O/c1-33-10-8-17(9-11-33)31-25-30-12-19-18(4-2-3-5-20(19)32-25)16-6-7-23-28-13-21(34(23)15-16)24(35)29-14-22(26)27/h4,6-7,12-13,15,17,22H,2-3,5,8-11,14H2,1H3,(H,29,35)(H,30,31,32). The number of likely N-dealkylation sites (tertiary alicyclic amines) is 1. The first-order valence-electron chi connectivity index (χ1n) is 12.0. The molecule has 1 aliphatic carbocycles. The quantitative estimate of drug-likeness (QED) is 0.561. The Labute approximate surface area is 202 Å². The summed E-state index contributed by atoms with van der Waals surface area (Å²) in [6.07, 6.45) is 9.54. The smallest absolute Gasteiger partial charge is 0.270 e. The van der Waals surface area contributed by atoms with Crippen molar-refractivity contribution in [2.45, 2.75) is 44.6 Å². The number of fused-ring (bicyclic) bond motifs is 2. The highest BCUT2D eigenvalue weighted by atomic mass is 19.3. The van der Waals surface area contributed by atoms with E-state index in [4.69, 9.17) is 4.98 Å². The number of carbonyl (C=O) groups is 1. The van der Waals surface area contributed by atoms with Gasteiger partial charge < -0.3 is 15.5 Å². The van der Waals surface area contributed by atoms with Crippen LogP contribution < -0.4 is 10.6 Å². The summed E-state index contributed by atoms with van der Waals surface area (Å²) >= 11 is 0. The molecule has 35 heavy (non-hydrogen) atoms. The third-order valence-electron chi connectivity index (χ3n) is 6.64. The molecular formula is C25H29F2N7O. The molecule has 1 fully saturated rings. The Morgan fingerprint density at radius 3 is 2.83 bits per heavy atom. The number of hydrogen-bond acceptors (Lipinski definition) is 6. The van der Waals surface area contributed by atoms with E-state index in [-0.39, 0.29) is 5.69 Å². The summed E-state index contributed by atoms with van der Waals surface area (Å²) in [7, 11) is 2.14. The number of carbonyl (C=O) groups excluding carboxylic acids is 1. The molecule has 1 saturated heterocycles. The van der Waals surface area contributed by atoms with E-state index in [2.05, 4.69) is 38.6 Å². The van der Waals surface area contributed by atoms with Crippen molar-refractivity contribution in [3.8, 4) is 0 Å². The fourth-order valence-corrected chi connectivity index (χ4v) is 4.71. The van der Waals surface area contributed by atoms with Gasteiger partial charge in [0.05, 0.1) is 18.4 Å². The van der Waals surface area contributed by atoms with Crippen LogP contribution in [0.1, 0.15) is 53.0 Å². The molecule has 3 aromatic heterocycles. The minimum Gasteiger partial charge on any atom is -0.351 e. The summed E-state index contributed by atoms with van der Waals surface area (Å²) in [6.45, 7) is 1.43. The summed E-state index contributed by atoms with van der Waals surface area (Å²) in [5.74, 6) is 0.0840. The number of halogens is 2. The van der Waals surface area contributed by atoms with E-state index in [1.54, 1.807) is 4.40 Å². The maximum absolute atomic E-state index is 12.5. The molecule has 1 amide bonds. The molecular weight excluding hydrogens is 452 g/mol. The Balaban J connectivity index is 1.42. The van der Waals surface area contributed by atoms with Gasteiger partial charge in [-0.2, -0.15) is 0 Å². The van der Waals surface area contributed by atoms with Gasteiger partial charge in [-0.15, -0.1) is 0 Å². The number of aryl methyl sites for hydroxylation is 1. The lowest BCUT2D eigenvalue weighted by Gasteiger charge is -2.29. The fraction of sp³-hybridized carbons (Fsp3) is 0.440. The second kappa shape index (κ2) is 10.1. The van der Waals surface area contributed by atoms with E-state index in [1.807, 2.05) is 24.5 Å². The molecule has 3 aromatic rings. The number of aromatic nitrogens is 4. The average Bonchev–Trinajstić information content (AvgIpc) is 3.16. The molecule has 0 unspecified atom stereocenters. The molecule has 4 heterocycles. The molecule has 1 aliphatic heterocycles. The number of hydrogen-bond donors (Lipinski definition) is 2. The van der Waals surface area contributed by atoms with Gasteiger partial charge in [-0.05, 0) is 75.5 Å². The van der Waals surface area contributed by atoms with Crippen LogP contribution in [-0.4, -0.2) is 69.3 Å². The van der Waals surface area contributed by atoms with E-state index in [0.29, 0.717) is 17.6 Å². The molecule has 10 heteroatoms. The summed E-state index contributed by atoms with van der Waals surface area (Å²) in [6, 6.07) is 4.15. The minimum absolute atomic E-state index is 0.214. The summed E-state index contributed by atoms with van der Waals surface area (Å²) in [4.78, 5) is 28.5. The molecule has 0 saturated carbocycles. The lowest BCUT2D eigenvalue weighted by Crippen LogP contribution is -2.37. The highest BCUT2D eigenvalue weighted by molar-refractivity contribution is 5.93. The molecule has 0 spiro atoms. The highest BCUT2D eigenvalue weighted by Gasteiger charge is 2.21. The molecule has 2 N–H and O–H groups in total. The number of allylic oxidation sites excluding steroid dienone is 1. The molecule has 184 valence electrons. The van der Waals surface area contributed by atoms with Crippen molar-refractivity contribution in [2.24, 2.45) is 0 Å². The van der Waals surface area contributed by atoms with Crippen LogP contribution in [0.4, 0.5) is 14.7 Å². The lowest BCUT2D eigenvalue weighted by atomic mass is 9.99. The van der Waals surface area contributed by atoms with Crippen LogP contribution in [0.25, 0.3) is 11.2 Å². The van der Waals surface area contributed by atoms with E-state index < -0.39 is 18.9 Å². The van der Waals surface area contributed by atoms with Gasteiger partial charge in [0.15, 0.2) is 0 Å². The zero-order valence-electron chi connectivity index (χ0n) is 19.7. The van der Waals surface area contributed by atoms with E-state index >= 15 is 0 Å². The van der Waals surface area contributed by atoms with Crippen molar-refractivity contribution in [3.63, 3.8) is 0 Å². The van der Waals surface area contributed by atoms with Gasteiger partial charge in [0.2, 0.25) is 5.95 Å². The molecule has 0 aromatic carbocycles. The number of alkyl halides is 2. The molecule has 5 rings (SSSR count). The number of pyridine rings is 1. The normalized spacial score (nSPS) is 17.2. The molecule has 0 atom stereocenters. The predicted octanol–water partition coefficient (Wildman–Crippen LogP) is 3.39. The Morgan fingerprint density at radius 1 is 1.20 bits per heavy atom. The average molecular weight is 482 g/mol. The van der Waals surface area contributed by atoms with Gasteiger partial charge in [0.1, 0.15) is 11.3 Å². The van der Waals surface area contributed by atoms with Crippen molar-refractivity contribution < 1.29 is 13.6 Å². The van der Waals surface area contributed by atoms with Crippen molar-refractivity contribution in [1.29, 1.82) is 0 Å². The number of imidazole rings is 1. The van der Waals surface area contributed by atoms with E-state index in [9.17, 15) is 13.6 Å². The highest BCUT2D eigenvalue weighted by Crippen LogP contribution is 2.31. The van der Waals surface area contributed by atoms with Crippen molar-refractivity contribution in [2.75, 3.05) is 32.0 Å². The SMILES string of the molecule is CN1CCC(Nc2ncc3c(n2)CCCC=C3c2ccc3ncc(C(=O)NCC(F)F)n3c2)CC1. The molecule has 2 aliphatic rings. The zero-order chi connectivity index (χ0) is 24.4. The molecule has 0 bridgehead atoms. The van der Waals surface area contributed by atoms with E-state index in [0.717, 1.165) is 67.6 Å². The monoisotopic (exact) mass is 481 g/mol. The largest absolute Gasteiger partial charge is 0.351 e. The molecule has 0 radical (unpaired) electrons. The zero-order valence-corrected chi connectivity index (χ0v) is 19.7. The van der Waals surface area contributed by atoms with Crippen LogP contribution in [-0.2, 0) is 6.42 Å². The Kier molecular flexibility index (Phi) is 6.72. The van der Waals surface area contributed by atoms with Gasteiger partial charge in [-0.25, -0.2) is 23.7 Å². The first-order chi connectivity index (χ1) is 17.0. The first-order valence-corrected chi connectivity index (χ1v) is 12.0. The summed E-state index contributed by atoms with van der Waals surface area (Å²) in [5, 5.41) is 5.76. The number of piperidine rings is 1. The predicted molar refractivity (Wildman–Crippen MR) is 130 cm³/mol. The van der Waals surface area contributed by atoms with Crippen molar-refractivity contribution >= 4 is 23.1 Å². The first kappa shape index (κ1) is 23.3. The maximum atomic E-state index is 12.5.